The maximum atomic E-state index is 13.0. The van der Waals surface area contributed by atoms with Crippen LogP contribution >= 0.6 is 11.6 Å². The van der Waals surface area contributed by atoms with Gasteiger partial charge in [-0.3, -0.25) is 9.59 Å². The van der Waals surface area contributed by atoms with E-state index < -0.39 is 5.41 Å². The molecule has 2 rings (SSSR count). The number of carbonyl (C=O) groups is 2. The molecule has 0 spiro atoms. The maximum Gasteiger partial charge on any atom is 0.230 e. The molecule has 202 valence electrons. The molecule has 0 saturated carbocycles. The van der Waals surface area contributed by atoms with Crippen molar-refractivity contribution in [3.05, 3.63) is 70.0 Å². The van der Waals surface area contributed by atoms with Gasteiger partial charge in [-0.2, -0.15) is 0 Å². The lowest BCUT2D eigenvalue weighted by atomic mass is 9.77. The van der Waals surface area contributed by atoms with E-state index in [9.17, 15) is 14.0 Å². The van der Waals surface area contributed by atoms with E-state index in [4.69, 9.17) is 11.6 Å². The quantitative estimate of drug-likeness (QED) is 0.316. The fraction of sp³-hybridized carbons (Fsp3) is 0.533. The van der Waals surface area contributed by atoms with Crippen LogP contribution in [-0.4, -0.2) is 17.9 Å². The van der Waals surface area contributed by atoms with E-state index >= 15 is 0 Å². The first-order chi connectivity index (χ1) is 16.6. The van der Waals surface area contributed by atoms with E-state index in [1.54, 1.807) is 19.1 Å². The SMILES string of the molecule is C.CCCC(C)(C(=O)NCc1ccc(F)cc1)c1ccc(Cl)c(C)c1.CCCC(CCC)NC(C)=O. The molecule has 2 aromatic carbocycles. The number of hydrogen-bond acceptors (Lipinski definition) is 2. The Kier molecular flexibility index (Phi) is 16.0. The number of nitrogens with one attached hydrogen (secondary N) is 2. The van der Waals surface area contributed by atoms with Crippen molar-refractivity contribution in [1.82, 2.24) is 10.6 Å². The molecule has 0 aliphatic heterocycles. The Morgan fingerprint density at radius 1 is 1.00 bits per heavy atom. The highest BCUT2D eigenvalue weighted by molar-refractivity contribution is 6.31. The lowest BCUT2D eigenvalue weighted by Crippen LogP contribution is -2.42. The van der Waals surface area contributed by atoms with Gasteiger partial charge in [0.05, 0.1) is 5.41 Å². The summed E-state index contributed by atoms with van der Waals surface area (Å²) >= 11 is 6.11. The van der Waals surface area contributed by atoms with Crippen LogP contribution in [0.25, 0.3) is 0 Å². The summed E-state index contributed by atoms with van der Waals surface area (Å²) in [6.07, 6.45) is 6.13. The van der Waals surface area contributed by atoms with Crippen molar-refractivity contribution in [1.29, 1.82) is 0 Å². The minimum Gasteiger partial charge on any atom is -0.354 e. The van der Waals surface area contributed by atoms with Gasteiger partial charge >= 0.3 is 0 Å². The summed E-state index contributed by atoms with van der Waals surface area (Å²) in [5, 5.41) is 6.62. The Balaban J connectivity index is 0.000000869. The summed E-state index contributed by atoms with van der Waals surface area (Å²) in [6.45, 7) is 12.2. The van der Waals surface area contributed by atoms with Crippen molar-refractivity contribution in [2.24, 2.45) is 0 Å². The van der Waals surface area contributed by atoms with Crippen LogP contribution in [0.15, 0.2) is 42.5 Å². The predicted molar refractivity (Wildman–Crippen MR) is 151 cm³/mol. The first-order valence-electron chi connectivity index (χ1n) is 12.6. The molecule has 0 saturated heterocycles. The average molecular weight is 521 g/mol. The van der Waals surface area contributed by atoms with Gasteiger partial charge in [-0.25, -0.2) is 4.39 Å². The molecule has 2 N–H and O–H groups in total. The van der Waals surface area contributed by atoms with Crippen LogP contribution in [0, 0.1) is 12.7 Å². The average Bonchev–Trinajstić information content (AvgIpc) is 2.80. The number of rotatable bonds is 11. The van der Waals surface area contributed by atoms with Crippen molar-refractivity contribution in [3.63, 3.8) is 0 Å². The number of amides is 2. The van der Waals surface area contributed by atoms with Gasteiger partial charge in [0.2, 0.25) is 11.8 Å². The van der Waals surface area contributed by atoms with Gasteiger partial charge in [-0.05, 0) is 68.0 Å². The van der Waals surface area contributed by atoms with Crippen LogP contribution in [0.5, 0.6) is 0 Å². The standard InChI is InChI=1S/C20H23ClFNO.C9H19NO.CH4/c1-4-11-20(3,16-7-10-18(21)14(2)12-16)19(24)23-13-15-5-8-17(22)9-6-15;1-4-6-9(7-5-2)10-8(3)11;/h5-10,12H,4,11,13H2,1-3H3,(H,23,24);9H,4-7H2,1-3H3,(H,10,11);1H4. The molecule has 0 aliphatic carbocycles. The second-order valence-electron chi connectivity index (χ2n) is 9.33. The number of halogens is 2. The summed E-state index contributed by atoms with van der Waals surface area (Å²) in [7, 11) is 0. The Labute approximate surface area is 223 Å². The summed E-state index contributed by atoms with van der Waals surface area (Å²) in [5.74, 6) is -0.218. The number of carbonyl (C=O) groups excluding carboxylic acids is 2. The van der Waals surface area contributed by atoms with Crippen LogP contribution < -0.4 is 10.6 Å². The van der Waals surface area contributed by atoms with Crippen molar-refractivity contribution < 1.29 is 14.0 Å². The lowest BCUT2D eigenvalue weighted by molar-refractivity contribution is -0.126. The highest BCUT2D eigenvalue weighted by atomic mass is 35.5. The highest BCUT2D eigenvalue weighted by Crippen LogP contribution is 2.32. The van der Waals surface area contributed by atoms with E-state index in [2.05, 4.69) is 31.4 Å². The van der Waals surface area contributed by atoms with Crippen LogP contribution in [0.3, 0.4) is 0 Å². The summed E-state index contributed by atoms with van der Waals surface area (Å²) in [4.78, 5) is 23.6. The van der Waals surface area contributed by atoms with Gasteiger partial charge in [0.1, 0.15) is 5.82 Å². The molecular weight excluding hydrogens is 475 g/mol. The van der Waals surface area contributed by atoms with Gasteiger partial charge < -0.3 is 10.6 Å². The predicted octanol–water partition coefficient (Wildman–Crippen LogP) is 7.89. The molecule has 0 fully saturated rings. The third-order valence-electron chi connectivity index (χ3n) is 6.09. The molecule has 0 radical (unpaired) electrons. The molecule has 36 heavy (non-hydrogen) atoms. The van der Waals surface area contributed by atoms with Gasteiger partial charge in [-0.1, -0.05) is 83.3 Å². The molecule has 6 heteroatoms. The Morgan fingerprint density at radius 3 is 2.06 bits per heavy atom. The molecule has 4 nitrogen and oxygen atoms in total. The third kappa shape index (κ3) is 11.1. The zero-order chi connectivity index (χ0) is 26.4. The van der Waals surface area contributed by atoms with Gasteiger partial charge in [0.15, 0.2) is 0 Å². The Bertz CT molecular complexity index is 927. The Morgan fingerprint density at radius 2 is 1.58 bits per heavy atom. The molecular formula is C30H46ClFN2O2. The van der Waals surface area contributed by atoms with Crippen LogP contribution in [-0.2, 0) is 21.5 Å². The summed E-state index contributed by atoms with van der Waals surface area (Å²) in [6, 6.07) is 12.3. The highest BCUT2D eigenvalue weighted by Gasteiger charge is 2.34. The van der Waals surface area contributed by atoms with E-state index in [1.807, 2.05) is 32.0 Å². The Hall–Kier alpha value is -2.40. The topological polar surface area (TPSA) is 58.2 Å². The maximum absolute atomic E-state index is 13.0. The normalized spacial score (nSPS) is 12.0. The molecule has 1 atom stereocenters. The summed E-state index contributed by atoms with van der Waals surface area (Å²) in [5.41, 5.74) is 2.17. The number of hydrogen-bond donors (Lipinski definition) is 2. The summed E-state index contributed by atoms with van der Waals surface area (Å²) < 4.78 is 13.0. The van der Waals surface area contributed by atoms with E-state index in [0.717, 1.165) is 55.2 Å². The number of aryl methyl sites for hydroxylation is 1. The van der Waals surface area contributed by atoms with Crippen LogP contribution in [0.1, 0.15) is 97.3 Å². The zero-order valence-corrected chi connectivity index (χ0v) is 22.9. The molecule has 0 aliphatic rings. The molecule has 0 aromatic heterocycles. The minimum atomic E-state index is -0.621. The van der Waals surface area contributed by atoms with Crippen molar-refractivity contribution in [2.75, 3.05) is 0 Å². The van der Waals surface area contributed by atoms with Crippen LogP contribution in [0.4, 0.5) is 4.39 Å². The van der Waals surface area contributed by atoms with Gasteiger partial charge in [0, 0.05) is 24.5 Å². The van der Waals surface area contributed by atoms with Gasteiger partial charge in [0.25, 0.3) is 0 Å². The van der Waals surface area contributed by atoms with Crippen molar-refractivity contribution in [3.8, 4) is 0 Å². The van der Waals surface area contributed by atoms with E-state index in [-0.39, 0.29) is 25.1 Å². The molecule has 1 unspecified atom stereocenters. The first-order valence-corrected chi connectivity index (χ1v) is 13.0. The zero-order valence-electron chi connectivity index (χ0n) is 22.1. The first kappa shape index (κ1) is 33.6. The lowest BCUT2D eigenvalue weighted by Gasteiger charge is -2.29. The monoisotopic (exact) mass is 520 g/mol. The molecule has 0 heterocycles. The van der Waals surface area contributed by atoms with E-state index in [1.165, 1.54) is 12.1 Å². The second kappa shape index (κ2) is 17.1. The van der Waals surface area contributed by atoms with Crippen LogP contribution in [0.2, 0.25) is 5.02 Å². The largest absolute Gasteiger partial charge is 0.354 e. The van der Waals surface area contributed by atoms with E-state index in [0.29, 0.717) is 17.6 Å². The third-order valence-corrected chi connectivity index (χ3v) is 6.52. The second-order valence-corrected chi connectivity index (χ2v) is 9.74. The van der Waals surface area contributed by atoms with Crippen molar-refractivity contribution in [2.45, 2.75) is 105 Å². The molecule has 0 bridgehead atoms. The number of benzene rings is 2. The fourth-order valence-corrected chi connectivity index (χ4v) is 4.25. The van der Waals surface area contributed by atoms with Crippen molar-refractivity contribution >= 4 is 23.4 Å². The fourth-order valence-electron chi connectivity index (χ4n) is 4.13. The molecule has 2 amide bonds. The molecule has 2 aromatic rings. The smallest absolute Gasteiger partial charge is 0.230 e. The van der Waals surface area contributed by atoms with Gasteiger partial charge in [-0.15, -0.1) is 0 Å². The minimum absolute atomic E-state index is 0.